The van der Waals surface area contributed by atoms with Crippen LogP contribution in [0.15, 0.2) is 26.9 Å². The number of rotatable bonds is 5. The fraction of sp³-hybridized carbons (Fsp3) is 0.533. The second-order valence-electron chi connectivity index (χ2n) is 5.68. The van der Waals surface area contributed by atoms with Crippen LogP contribution in [-0.2, 0) is 16.1 Å². The Bertz CT molecular complexity index is 624. The van der Waals surface area contributed by atoms with E-state index in [4.69, 9.17) is 5.73 Å². The molecule has 2 heterocycles. The van der Waals surface area contributed by atoms with Crippen molar-refractivity contribution in [2.45, 2.75) is 31.7 Å². The zero-order valence-electron chi connectivity index (χ0n) is 12.5. The van der Waals surface area contributed by atoms with Crippen molar-refractivity contribution in [2.24, 2.45) is 14.5 Å². The molecule has 1 aromatic carbocycles. The molecule has 0 bridgehead atoms. The quantitative estimate of drug-likeness (QED) is 0.888. The fourth-order valence-corrected chi connectivity index (χ4v) is 3.62. The van der Waals surface area contributed by atoms with Gasteiger partial charge in [-0.05, 0) is 44.5 Å². The molecule has 1 saturated heterocycles. The Morgan fingerprint density at radius 2 is 2.32 bits per heavy atom. The molecule has 1 aromatic rings. The Morgan fingerprint density at radius 1 is 1.41 bits per heavy atom. The summed E-state index contributed by atoms with van der Waals surface area (Å²) in [5, 5.41) is 2.97. The Balaban J connectivity index is 1.63. The maximum absolute atomic E-state index is 12.4. The number of piperidine rings is 1. The largest absolute Gasteiger partial charge is 0.330 e. The van der Waals surface area contributed by atoms with Gasteiger partial charge in [0.2, 0.25) is 5.91 Å². The summed E-state index contributed by atoms with van der Waals surface area (Å²) in [6, 6.07) is 6.09. The van der Waals surface area contributed by atoms with Crippen molar-refractivity contribution in [1.29, 1.82) is 0 Å². The lowest BCUT2D eigenvalue weighted by atomic mass is 9.99. The Morgan fingerprint density at radius 3 is 3.18 bits per heavy atom. The lowest BCUT2D eigenvalue weighted by Crippen LogP contribution is -2.44. The standard InChI is InChI=1S/C15H21N5OS/c16-8-7-11-4-1-2-9-20(11)10-14(21)17-12-5-3-6-13-15(12)19-22-18-13/h3,5-6,11H,1-2,4,7-10,16H2,(H,17,21). The van der Waals surface area contributed by atoms with Gasteiger partial charge in [0, 0.05) is 6.04 Å². The van der Waals surface area contributed by atoms with E-state index in [0.29, 0.717) is 19.1 Å². The smallest absolute Gasteiger partial charge is 0.238 e. The van der Waals surface area contributed by atoms with E-state index in [2.05, 4.69) is 18.9 Å². The maximum atomic E-state index is 12.4. The number of fused-ring (bicyclic) bond motifs is 1. The molecule has 1 fully saturated rings. The molecule has 2 aliphatic heterocycles. The third-order valence-electron chi connectivity index (χ3n) is 4.16. The molecule has 0 radical (unpaired) electrons. The van der Waals surface area contributed by atoms with Crippen LogP contribution in [-0.4, -0.2) is 36.5 Å². The van der Waals surface area contributed by atoms with E-state index in [1.165, 1.54) is 6.42 Å². The number of likely N-dealkylation sites (tertiary alicyclic amines) is 1. The molecule has 0 aromatic heterocycles. The number of nitrogens with one attached hydrogen (secondary N) is 1. The minimum Gasteiger partial charge on any atom is -0.330 e. The summed E-state index contributed by atoms with van der Waals surface area (Å²) in [5.41, 5.74) is 8.01. The predicted octanol–water partition coefficient (Wildman–Crippen LogP) is 2.55. The monoisotopic (exact) mass is 319 g/mol. The lowest BCUT2D eigenvalue weighted by molar-refractivity contribution is -0.118. The summed E-state index contributed by atoms with van der Waals surface area (Å²) in [5.74, 6) is 0.00409. The summed E-state index contributed by atoms with van der Waals surface area (Å²) in [6.07, 6.45) is 4.47. The van der Waals surface area contributed by atoms with E-state index in [1.54, 1.807) is 0 Å². The summed E-state index contributed by atoms with van der Waals surface area (Å²) in [6.45, 7) is 2.06. The van der Waals surface area contributed by atoms with Gasteiger partial charge in [0.05, 0.1) is 23.6 Å². The zero-order valence-corrected chi connectivity index (χ0v) is 13.3. The topological polar surface area (TPSA) is 83.1 Å². The highest BCUT2D eigenvalue weighted by Crippen LogP contribution is 2.38. The van der Waals surface area contributed by atoms with Crippen LogP contribution in [0.3, 0.4) is 0 Å². The third-order valence-corrected chi connectivity index (χ3v) is 4.70. The molecule has 7 heteroatoms. The Labute approximate surface area is 134 Å². The normalized spacial score (nSPS) is 20.5. The minimum absolute atomic E-state index is 0.00409. The summed E-state index contributed by atoms with van der Waals surface area (Å²) >= 11 is 1.16. The number of amides is 1. The number of nitrogens with two attached hydrogens (primary N) is 1. The Hall–Kier alpha value is -1.57. The van der Waals surface area contributed by atoms with Crippen LogP contribution in [0.4, 0.5) is 17.1 Å². The van der Waals surface area contributed by atoms with E-state index in [1.807, 2.05) is 18.2 Å². The first-order valence-electron chi connectivity index (χ1n) is 7.73. The summed E-state index contributed by atoms with van der Waals surface area (Å²) in [7, 11) is 0. The third kappa shape index (κ3) is 3.43. The number of benzene rings is 1. The van der Waals surface area contributed by atoms with Gasteiger partial charge in [0.15, 0.2) is 0 Å². The van der Waals surface area contributed by atoms with Crippen molar-refractivity contribution < 1.29 is 4.79 Å². The summed E-state index contributed by atoms with van der Waals surface area (Å²) < 4.78 is 8.44. The van der Waals surface area contributed by atoms with Crippen LogP contribution in [0, 0.1) is 0 Å². The number of carbonyl (C=O) groups is 1. The van der Waals surface area contributed by atoms with E-state index in [0.717, 1.165) is 54.2 Å². The molecule has 3 rings (SSSR count). The van der Waals surface area contributed by atoms with Gasteiger partial charge in [-0.1, -0.05) is 12.5 Å². The van der Waals surface area contributed by atoms with Crippen molar-refractivity contribution in [3.63, 3.8) is 0 Å². The SMILES string of the molecule is NCCC1CCCCN1CC(=O)Nc1cccc2c1N=S=N2. The molecule has 1 atom stereocenters. The van der Waals surface area contributed by atoms with E-state index < -0.39 is 0 Å². The average molecular weight is 319 g/mol. The van der Waals surface area contributed by atoms with Gasteiger partial charge < -0.3 is 11.1 Å². The molecule has 0 saturated carbocycles. The van der Waals surface area contributed by atoms with Gasteiger partial charge in [-0.2, -0.15) is 8.73 Å². The molecule has 22 heavy (non-hydrogen) atoms. The Kier molecular flexibility index (Phi) is 4.97. The van der Waals surface area contributed by atoms with Crippen LogP contribution in [0.1, 0.15) is 25.7 Å². The highest BCUT2D eigenvalue weighted by molar-refractivity contribution is 7.58. The zero-order chi connectivity index (χ0) is 15.4. The van der Waals surface area contributed by atoms with Crippen LogP contribution >= 0.6 is 0 Å². The molecule has 118 valence electrons. The molecule has 1 unspecified atom stereocenters. The number of nitrogens with zero attached hydrogens (tertiary/aromatic N) is 3. The van der Waals surface area contributed by atoms with Crippen LogP contribution < -0.4 is 11.1 Å². The van der Waals surface area contributed by atoms with Gasteiger partial charge in [0.25, 0.3) is 0 Å². The highest BCUT2D eigenvalue weighted by atomic mass is 32.1. The molecule has 0 spiro atoms. The van der Waals surface area contributed by atoms with Crippen molar-refractivity contribution in [3.05, 3.63) is 18.2 Å². The van der Waals surface area contributed by atoms with Gasteiger partial charge in [-0.25, -0.2) is 0 Å². The van der Waals surface area contributed by atoms with Gasteiger partial charge in [-0.3, -0.25) is 9.69 Å². The molecule has 0 aliphatic carbocycles. The van der Waals surface area contributed by atoms with Crippen molar-refractivity contribution in [1.82, 2.24) is 4.90 Å². The number of hydrogen-bond donors (Lipinski definition) is 2. The van der Waals surface area contributed by atoms with E-state index >= 15 is 0 Å². The van der Waals surface area contributed by atoms with E-state index in [9.17, 15) is 4.79 Å². The number of anilines is 1. The van der Waals surface area contributed by atoms with E-state index in [-0.39, 0.29) is 5.91 Å². The maximum Gasteiger partial charge on any atom is 0.238 e. The van der Waals surface area contributed by atoms with Gasteiger partial charge >= 0.3 is 0 Å². The second-order valence-corrected chi connectivity index (χ2v) is 6.21. The molecular weight excluding hydrogens is 298 g/mol. The number of hydrogen-bond acceptors (Lipinski definition) is 5. The van der Waals surface area contributed by atoms with Crippen LogP contribution in [0.2, 0.25) is 0 Å². The molecule has 2 aliphatic rings. The molecule has 3 N–H and O–H groups in total. The predicted molar refractivity (Wildman–Crippen MR) is 89.5 cm³/mol. The first-order chi connectivity index (χ1) is 10.8. The first-order valence-corrected chi connectivity index (χ1v) is 8.46. The van der Waals surface area contributed by atoms with Crippen molar-refractivity contribution in [2.75, 3.05) is 25.0 Å². The number of carbonyl (C=O) groups excluding carboxylic acids is 1. The molecule has 1 amide bonds. The van der Waals surface area contributed by atoms with Crippen LogP contribution in [0.25, 0.3) is 0 Å². The lowest BCUT2D eigenvalue weighted by Gasteiger charge is -2.35. The van der Waals surface area contributed by atoms with Crippen LogP contribution in [0.5, 0.6) is 0 Å². The highest BCUT2D eigenvalue weighted by Gasteiger charge is 2.24. The van der Waals surface area contributed by atoms with Gasteiger partial charge in [-0.15, -0.1) is 0 Å². The minimum atomic E-state index is 0.00409. The first kappa shape index (κ1) is 15.3. The van der Waals surface area contributed by atoms with Crippen molar-refractivity contribution in [3.8, 4) is 0 Å². The fourth-order valence-electron chi connectivity index (χ4n) is 3.07. The summed E-state index contributed by atoms with van der Waals surface area (Å²) in [4.78, 5) is 14.6. The van der Waals surface area contributed by atoms with Crippen molar-refractivity contribution >= 4 is 34.3 Å². The van der Waals surface area contributed by atoms with Gasteiger partial charge in [0.1, 0.15) is 11.4 Å². The molecular formula is C15H21N5OS. The molecule has 6 nitrogen and oxygen atoms in total. The second kappa shape index (κ2) is 7.13. The average Bonchev–Trinajstić information content (AvgIpc) is 2.99.